The summed E-state index contributed by atoms with van der Waals surface area (Å²) in [4.78, 5) is 50.8. The Morgan fingerprint density at radius 1 is 0.914 bits per heavy atom. The fourth-order valence-electron chi connectivity index (χ4n) is 5.60. The van der Waals surface area contributed by atoms with Crippen LogP contribution in [0.1, 0.15) is 53.9 Å². The topological polar surface area (TPSA) is 113 Å². The maximum Gasteiger partial charge on any atom is 0.469 e. The number of carbonyl (C=O) groups excluding carboxylic acids is 2. The highest BCUT2D eigenvalue weighted by atomic mass is 31.2. The molecule has 0 aromatic rings. The number of phosphoric ester groups is 1. The molecule has 1 aliphatic carbocycles. The molecule has 0 atom stereocenters. The van der Waals surface area contributed by atoms with E-state index in [0.717, 1.165) is 52.2 Å². The number of hydrogen-bond acceptors (Lipinski definition) is 8. The van der Waals surface area contributed by atoms with Gasteiger partial charge in [0.1, 0.15) is 11.4 Å². The van der Waals surface area contributed by atoms with E-state index in [-0.39, 0.29) is 28.7 Å². The van der Waals surface area contributed by atoms with Crippen molar-refractivity contribution in [2.24, 2.45) is 0 Å². The van der Waals surface area contributed by atoms with Gasteiger partial charge in [0.05, 0.1) is 11.8 Å². The van der Waals surface area contributed by atoms with E-state index in [1.807, 2.05) is 14.7 Å². The predicted molar refractivity (Wildman–Crippen MR) is 131 cm³/mol. The molecule has 4 heterocycles. The van der Waals surface area contributed by atoms with E-state index in [9.17, 15) is 14.2 Å². The number of carbonyl (C=O) groups is 2. The number of piperidine rings is 1. The SMILES string of the molecule is CCCN1C(C)(C)CC(OP(=O)(O)O)CC1(C)C.O=C1C=C(N2CC2)C(=O)C(N2CC2)=C1N1CC1. The highest BCUT2D eigenvalue weighted by Gasteiger charge is 2.47. The van der Waals surface area contributed by atoms with Gasteiger partial charge in [-0.1, -0.05) is 6.92 Å². The van der Waals surface area contributed by atoms with Crippen LogP contribution in [0.2, 0.25) is 0 Å². The summed E-state index contributed by atoms with van der Waals surface area (Å²) in [6, 6.07) is 0. The lowest BCUT2D eigenvalue weighted by Gasteiger charge is -2.55. The van der Waals surface area contributed by atoms with Crippen LogP contribution in [0.25, 0.3) is 0 Å². The first-order valence-electron chi connectivity index (χ1n) is 12.5. The molecule has 35 heavy (non-hydrogen) atoms. The second-order valence-corrected chi connectivity index (χ2v) is 12.5. The standard InChI is InChI=1S/C12H13N3O2.C12H26NO4P/c16-9-7-8(13-1-2-13)12(17)11(15-5-6-15)10(9)14-3-4-14;1-6-7-13-11(2,3)8-10(9-12(13,4)5)17-18(14,15)16/h7H,1-6H2;10H,6-9H2,1-5H3,(H2,14,15,16). The summed E-state index contributed by atoms with van der Waals surface area (Å²) in [5.74, 6) is 0.0485. The quantitative estimate of drug-likeness (QED) is 0.298. The summed E-state index contributed by atoms with van der Waals surface area (Å²) < 4.78 is 15.9. The number of ketones is 2. The number of allylic oxidation sites excluding steroid dienone is 1. The molecule has 0 saturated carbocycles. The van der Waals surface area contributed by atoms with E-state index in [1.54, 1.807) is 0 Å². The fourth-order valence-corrected chi connectivity index (χ4v) is 6.14. The summed E-state index contributed by atoms with van der Waals surface area (Å²) in [6.45, 7) is 17.0. The molecular formula is C24H39N4O6P. The summed E-state index contributed by atoms with van der Waals surface area (Å²) >= 11 is 0. The molecule has 5 rings (SSSR count). The van der Waals surface area contributed by atoms with Gasteiger partial charge in [0, 0.05) is 56.4 Å². The first kappa shape index (κ1) is 26.4. The molecule has 4 aliphatic heterocycles. The van der Waals surface area contributed by atoms with E-state index in [0.29, 0.717) is 29.9 Å². The summed E-state index contributed by atoms with van der Waals surface area (Å²) in [7, 11) is -4.40. The Balaban J connectivity index is 0.000000165. The molecule has 0 amide bonds. The zero-order valence-electron chi connectivity index (χ0n) is 21.5. The fraction of sp³-hybridized carbons (Fsp3) is 0.750. The van der Waals surface area contributed by atoms with Crippen LogP contribution in [-0.2, 0) is 18.7 Å². The van der Waals surface area contributed by atoms with Gasteiger partial charge in [0.25, 0.3) is 0 Å². The van der Waals surface area contributed by atoms with Gasteiger partial charge in [0.2, 0.25) is 11.6 Å². The predicted octanol–water partition coefficient (Wildman–Crippen LogP) is 1.71. The van der Waals surface area contributed by atoms with Crippen molar-refractivity contribution in [3.63, 3.8) is 0 Å². The Kier molecular flexibility index (Phi) is 7.01. The number of nitrogens with zero attached hydrogens (tertiary/aromatic N) is 4. The van der Waals surface area contributed by atoms with Crippen LogP contribution in [0.3, 0.4) is 0 Å². The molecule has 4 fully saturated rings. The summed E-state index contributed by atoms with van der Waals surface area (Å²) in [6.07, 6.45) is 3.49. The van der Waals surface area contributed by atoms with Gasteiger partial charge in [-0.25, -0.2) is 4.57 Å². The normalized spacial score (nSPS) is 25.9. The molecule has 0 radical (unpaired) electrons. The number of Topliss-reactive ketones (excluding diaryl/α,β-unsaturated/α-hetero) is 1. The van der Waals surface area contributed by atoms with Crippen molar-refractivity contribution < 1.29 is 28.5 Å². The van der Waals surface area contributed by atoms with Crippen LogP contribution in [-0.4, -0.2) is 104 Å². The van der Waals surface area contributed by atoms with Crippen molar-refractivity contribution in [3.8, 4) is 0 Å². The average Bonchev–Trinajstić information content (AvgIpc) is 3.57. The third kappa shape index (κ3) is 6.17. The Labute approximate surface area is 207 Å². The molecule has 0 unspecified atom stereocenters. The van der Waals surface area contributed by atoms with Crippen molar-refractivity contribution in [2.45, 2.75) is 71.1 Å². The van der Waals surface area contributed by atoms with E-state index in [4.69, 9.17) is 14.3 Å². The van der Waals surface area contributed by atoms with Crippen LogP contribution in [0.5, 0.6) is 0 Å². The zero-order chi connectivity index (χ0) is 25.8. The third-order valence-corrected chi connectivity index (χ3v) is 7.71. The van der Waals surface area contributed by atoms with Crippen LogP contribution in [0.15, 0.2) is 23.2 Å². The summed E-state index contributed by atoms with van der Waals surface area (Å²) in [5.41, 5.74) is 1.66. The monoisotopic (exact) mass is 510 g/mol. The van der Waals surface area contributed by atoms with Gasteiger partial charge in [-0.05, 0) is 53.5 Å². The lowest BCUT2D eigenvalue weighted by atomic mass is 9.78. The van der Waals surface area contributed by atoms with Gasteiger partial charge >= 0.3 is 7.82 Å². The molecule has 2 N–H and O–H groups in total. The Morgan fingerprint density at radius 2 is 1.40 bits per heavy atom. The van der Waals surface area contributed by atoms with E-state index in [1.165, 1.54) is 6.08 Å². The Hall–Kier alpha value is -1.71. The first-order chi connectivity index (χ1) is 16.2. The zero-order valence-corrected chi connectivity index (χ0v) is 22.4. The van der Waals surface area contributed by atoms with Gasteiger partial charge in [-0.15, -0.1) is 0 Å². The largest absolute Gasteiger partial charge is 0.469 e. The van der Waals surface area contributed by atoms with E-state index >= 15 is 0 Å². The van der Waals surface area contributed by atoms with Gasteiger partial charge < -0.3 is 24.5 Å². The molecule has 4 saturated heterocycles. The van der Waals surface area contributed by atoms with Gasteiger partial charge in [-0.3, -0.25) is 19.0 Å². The van der Waals surface area contributed by atoms with Crippen molar-refractivity contribution >= 4 is 19.4 Å². The molecule has 11 heteroatoms. The second-order valence-electron chi connectivity index (χ2n) is 11.3. The van der Waals surface area contributed by atoms with Crippen molar-refractivity contribution in [1.82, 2.24) is 19.6 Å². The minimum atomic E-state index is -4.40. The molecule has 5 aliphatic rings. The van der Waals surface area contributed by atoms with Crippen LogP contribution < -0.4 is 0 Å². The van der Waals surface area contributed by atoms with Crippen molar-refractivity contribution in [3.05, 3.63) is 23.2 Å². The minimum absolute atomic E-state index is 0.00546. The summed E-state index contributed by atoms with van der Waals surface area (Å²) in [5, 5.41) is 0. The average molecular weight is 511 g/mol. The van der Waals surface area contributed by atoms with E-state index in [2.05, 4.69) is 39.5 Å². The Bertz CT molecular complexity index is 970. The molecular weight excluding hydrogens is 471 g/mol. The smallest absolute Gasteiger partial charge is 0.365 e. The maximum absolute atomic E-state index is 12.4. The molecule has 0 aromatic carbocycles. The molecule has 0 bridgehead atoms. The highest BCUT2D eigenvalue weighted by Crippen LogP contribution is 2.46. The first-order valence-corrected chi connectivity index (χ1v) is 14.1. The van der Waals surface area contributed by atoms with Crippen LogP contribution >= 0.6 is 7.82 Å². The lowest BCUT2D eigenvalue weighted by Crippen LogP contribution is -2.62. The van der Waals surface area contributed by atoms with E-state index < -0.39 is 7.82 Å². The lowest BCUT2D eigenvalue weighted by molar-refractivity contribution is -0.117. The molecule has 196 valence electrons. The van der Waals surface area contributed by atoms with Gasteiger partial charge in [-0.2, -0.15) is 0 Å². The number of likely N-dealkylation sites (tertiary alicyclic amines) is 1. The van der Waals surface area contributed by atoms with Crippen molar-refractivity contribution in [2.75, 3.05) is 45.8 Å². The van der Waals surface area contributed by atoms with Crippen molar-refractivity contribution in [1.29, 1.82) is 0 Å². The van der Waals surface area contributed by atoms with Crippen LogP contribution in [0.4, 0.5) is 0 Å². The number of phosphoric acid groups is 1. The Morgan fingerprint density at radius 3 is 1.83 bits per heavy atom. The van der Waals surface area contributed by atoms with Crippen LogP contribution in [0, 0.1) is 0 Å². The molecule has 10 nitrogen and oxygen atoms in total. The minimum Gasteiger partial charge on any atom is -0.365 e. The number of hydrogen-bond donors (Lipinski definition) is 2. The number of rotatable bonds is 7. The molecule has 0 spiro atoms. The third-order valence-electron chi connectivity index (χ3n) is 7.14. The van der Waals surface area contributed by atoms with Gasteiger partial charge in [0.15, 0.2) is 0 Å². The second kappa shape index (κ2) is 9.30. The highest BCUT2D eigenvalue weighted by molar-refractivity contribution is 7.46. The molecule has 0 aromatic heterocycles. The maximum atomic E-state index is 12.4.